The van der Waals surface area contributed by atoms with E-state index in [0.717, 1.165) is 0 Å². The molecule has 0 aliphatic heterocycles. The van der Waals surface area contributed by atoms with Crippen molar-refractivity contribution in [1.82, 2.24) is 0 Å². The highest BCUT2D eigenvalue weighted by atomic mass is 32.2. The van der Waals surface area contributed by atoms with Gasteiger partial charge in [-0.2, -0.15) is 0 Å². The summed E-state index contributed by atoms with van der Waals surface area (Å²) in [5.41, 5.74) is 6.81. The van der Waals surface area contributed by atoms with Crippen molar-refractivity contribution in [3.8, 4) is 0 Å². The summed E-state index contributed by atoms with van der Waals surface area (Å²) in [6.45, 7) is 4.06. The maximum absolute atomic E-state index is 11.6. The zero-order valence-corrected chi connectivity index (χ0v) is 11.4. The van der Waals surface area contributed by atoms with Crippen LogP contribution in [0.3, 0.4) is 0 Å². The molecule has 3 N–H and O–H groups in total. The second kappa shape index (κ2) is 7.18. The summed E-state index contributed by atoms with van der Waals surface area (Å²) in [6.07, 6.45) is 0. The van der Waals surface area contributed by atoms with Crippen LogP contribution in [0.2, 0.25) is 0 Å². The average molecular weight is 266 g/mol. The van der Waals surface area contributed by atoms with Crippen molar-refractivity contribution in [1.29, 1.82) is 0 Å². The fourth-order valence-corrected chi connectivity index (χ4v) is 1.92. The van der Waals surface area contributed by atoms with E-state index in [0.29, 0.717) is 23.5 Å². The van der Waals surface area contributed by atoms with Gasteiger partial charge in [-0.15, -0.1) is 11.8 Å². The number of nitrogens with one attached hydrogen (secondary N) is 1. The van der Waals surface area contributed by atoms with E-state index in [1.54, 1.807) is 24.3 Å². The molecule has 0 fully saturated rings. The maximum Gasteiger partial charge on any atom is 0.234 e. The molecule has 0 spiro atoms. The van der Waals surface area contributed by atoms with Crippen LogP contribution in [0, 0.1) is 0 Å². The molecule has 1 aromatic rings. The van der Waals surface area contributed by atoms with Gasteiger partial charge in [0, 0.05) is 23.0 Å². The van der Waals surface area contributed by atoms with Crippen LogP contribution in [0.25, 0.3) is 0 Å². The standard InChI is InChI=1S/C13H18N2O2S/c1-9(7-14)18-8-13(17)15-12-5-3-11(4-6-12)10(2)16/h3-6,9H,7-8,14H2,1-2H3,(H,15,17). The van der Waals surface area contributed by atoms with Crippen LogP contribution in [0.1, 0.15) is 24.2 Å². The SMILES string of the molecule is CC(=O)c1ccc(NC(=O)CSC(C)CN)cc1. The number of benzene rings is 1. The smallest absolute Gasteiger partial charge is 0.234 e. The number of nitrogens with two attached hydrogens (primary N) is 1. The van der Waals surface area contributed by atoms with Crippen molar-refractivity contribution in [2.75, 3.05) is 17.6 Å². The number of Topliss-reactive ketones (excluding diaryl/α,β-unsaturated/α-hetero) is 1. The molecule has 4 nitrogen and oxygen atoms in total. The zero-order valence-electron chi connectivity index (χ0n) is 10.6. The molecule has 1 aromatic carbocycles. The predicted molar refractivity (Wildman–Crippen MR) is 76.1 cm³/mol. The van der Waals surface area contributed by atoms with Gasteiger partial charge in [0.1, 0.15) is 0 Å². The van der Waals surface area contributed by atoms with Gasteiger partial charge in [0.05, 0.1) is 5.75 Å². The normalized spacial score (nSPS) is 11.9. The van der Waals surface area contributed by atoms with Crippen LogP contribution in [-0.2, 0) is 4.79 Å². The number of thioether (sulfide) groups is 1. The Bertz CT molecular complexity index is 418. The first kappa shape index (κ1) is 14.7. The summed E-state index contributed by atoms with van der Waals surface area (Å²) < 4.78 is 0. The third kappa shape index (κ3) is 4.89. The number of carbonyl (C=O) groups excluding carboxylic acids is 2. The van der Waals surface area contributed by atoms with Gasteiger partial charge in [-0.05, 0) is 31.2 Å². The molecule has 0 saturated heterocycles. The van der Waals surface area contributed by atoms with Crippen molar-refractivity contribution in [3.05, 3.63) is 29.8 Å². The number of hydrogen-bond acceptors (Lipinski definition) is 4. The van der Waals surface area contributed by atoms with Crippen LogP contribution in [-0.4, -0.2) is 29.2 Å². The first-order valence-electron chi connectivity index (χ1n) is 5.75. The molecule has 0 aliphatic carbocycles. The second-order valence-electron chi connectivity index (χ2n) is 4.04. The number of ketones is 1. The molecular weight excluding hydrogens is 248 g/mol. The lowest BCUT2D eigenvalue weighted by Gasteiger charge is -2.08. The van der Waals surface area contributed by atoms with Gasteiger partial charge in [0.2, 0.25) is 5.91 Å². The maximum atomic E-state index is 11.6. The Balaban J connectivity index is 2.47. The monoisotopic (exact) mass is 266 g/mol. The third-order valence-electron chi connectivity index (χ3n) is 2.41. The first-order chi connectivity index (χ1) is 8.52. The van der Waals surface area contributed by atoms with Gasteiger partial charge in [-0.1, -0.05) is 6.92 Å². The van der Waals surface area contributed by atoms with E-state index in [2.05, 4.69) is 5.32 Å². The van der Waals surface area contributed by atoms with Gasteiger partial charge in [-0.25, -0.2) is 0 Å². The van der Waals surface area contributed by atoms with Crippen molar-refractivity contribution in [2.45, 2.75) is 19.1 Å². The van der Waals surface area contributed by atoms with E-state index in [-0.39, 0.29) is 16.9 Å². The Morgan fingerprint density at radius 3 is 2.44 bits per heavy atom. The molecule has 1 rings (SSSR count). The van der Waals surface area contributed by atoms with E-state index >= 15 is 0 Å². The molecule has 98 valence electrons. The second-order valence-corrected chi connectivity index (χ2v) is 5.47. The molecule has 1 atom stereocenters. The Morgan fingerprint density at radius 1 is 1.33 bits per heavy atom. The molecular formula is C13H18N2O2S. The van der Waals surface area contributed by atoms with Crippen molar-refractivity contribution >= 4 is 29.1 Å². The van der Waals surface area contributed by atoms with Gasteiger partial charge >= 0.3 is 0 Å². The van der Waals surface area contributed by atoms with E-state index < -0.39 is 0 Å². The highest BCUT2D eigenvalue weighted by Gasteiger charge is 2.06. The van der Waals surface area contributed by atoms with Crippen LogP contribution >= 0.6 is 11.8 Å². The Hall–Kier alpha value is -1.33. The molecule has 0 aliphatic rings. The average Bonchev–Trinajstić information content (AvgIpc) is 2.36. The Labute approximate surface area is 111 Å². The third-order valence-corrected chi connectivity index (χ3v) is 3.60. The number of carbonyl (C=O) groups is 2. The largest absolute Gasteiger partial charge is 0.329 e. The molecule has 0 heterocycles. The van der Waals surface area contributed by atoms with E-state index in [9.17, 15) is 9.59 Å². The summed E-state index contributed by atoms with van der Waals surface area (Å²) in [4.78, 5) is 22.7. The fourth-order valence-electron chi connectivity index (χ4n) is 1.27. The van der Waals surface area contributed by atoms with E-state index in [4.69, 9.17) is 5.73 Å². The number of anilines is 1. The van der Waals surface area contributed by atoms with Gasteiger partial charge in [-0.3, -0.25) is 9.59 Å². The lowest BCUT2D eigenvalue weighted by atomic mass is 10.1. The van der Waals surface area contributed by atoms with E-state index in [1.165, 1.54) is 18.7 Å². The minimum Gasteiger partial charge on any atom is -0.329 e. The summed E-state index contributed by atoms with van der Waals surface area (Å²) in [5, 5.41) is 3.05. The first-order valence-corrected chi connectivity index (χ1v) is 6.80. The van der Waals surface area contributed by atoms with Crippen LogP contribution in [0.15, 0.2) is 24.3 Å². The molecule has 0 radical (unpaired) electrons. The highest BCUT2D eigenvalue weighted by Crippen LogP contribution is 2.12. The van der Waals surface area contributed by atoms with Crippen LogP contribution in [0.4, 0.5) is 5.69 Å². The summed E-state index contributed by atoms with van der Waals surface area (Å²) in [5.74, 6) is 0.336. The Morgan fingerprint density at radius 2 is 1.94 bits per heavy atom. The van der Waals surface area contributed by atoms with Gasteiger partial charge in [0.25, 0.3) is 0 Å². The summed E-state index contributed by atoms with van der Waals surface area (Å²) in [6, 6.07) is 6.86. The number of hydrogen-bond donors (Lipinski definition) is 2. The van der Waals surface area contributed by atoms with Gasteiger partial charge in [0.15, 0.2) is 5.78 Å². The molecule has 0 saturated carbocycles. The minimum atomic E-state index is -0.0594. The van der Waals surface area contributed by atoms with Crippen molar-refractivity contribution in [3.63, 3.8) is 0 Å². The lowest BCUT2D eigenvalue weighted by Crippen LogP contribution is -2.19. The van der Waals surface area contributed by atoms with E-state index in [1.807, 2.05) is 6.92 Å². The van der Waals surface area contributed by atoms with Gasteiger partial charge < -0.3 is 11.1 Å². The molecule has 18 heavy (non-hydrogen) atoms. The van der Waals surface area contributed by atoms with Crippen molar-refractivity contribution < 1.29 is 9.59 Å². The van der Waals surface area contributed by atoms with Crippen molar-refractivity contribution in [2.24, 2.45) is 5.73 Å². The number of rotatable bonds is 6. The lowest BCUT2D eigenvalue weighted by molar-refractivity contribution is -0.113. The molecule has 5 heteroatoms. The molecule has 1 unspecified atom stereocenters. The topological polar surface area (TPSA) is 72.2 Å². The summed E-state index contributed by atoms with van der Waals surface area (Å²) >= 11 is 1.52. The predicted octanol–water partition coefficient (Wildman–Crippen LogP) is 1.91. The minimum absolute atomic E-state index is 0.0141. The molecule has 1 amide bonds. The highest BCUT2D eigenvalue weighted by molar-refractivity contribution is 8.00. The molecule has 0 aromatic heterocycles. The quantitative estimate of drug-likeness (QED) is 0.771. The molecule has 0 bridgehead atoms. The van der Waals surface area contributed by atoms with Crippen LogP contribution < -0.4 is 11.1 Å². The zero-order chi connectivity index (χ0) is 13.5. The Kier molecular flexibility index (Phi) is 5.88. The van der Waals surface area contributed by atoms with Crippen LogP contribution in [0.5, 0.6) is 0 Å². The fraction of sp³-hybridized carbons (Fsp3) is 0.385. The number of amides is 1. The summed E-state index contributed by atoms with van der Waals surface area (Å²) in [7, 11) is 0.